The molecule has 1 aromatic rings. The van der Waals surface area contributed by atoms with Gasteiger partial charge in [0.1, 0.15) is 17.2 Å². The lowest BCUT2D eigenvalue weighted by Crippen LogP contribution is -2.02. The number of hydrogen-bond donors (Lipinski definition) is 1. The molecule has 0 aliphatic rings. The summed E-state index contributed by atoms with van der Waals surface area (Å²) in [6, 6.07) is 0. The lowest BCUT2D eigenvalue weighted by atomic mass is 10.3. The summed E-state index contributed by atoms with van der Waals surface area (Å²) in [5.74, 6) is 0.110. The Kier molecular flexibility index (Phi) is 5.33. The predicted octanol–water partition coefficient (Wildman–Crippen LogP) is 3.84. The van der Waals surface area contributed by atoms with Crippen LogP contribution in [0.3, 0.4) is 0 Å². The first-order chi connectivity index (χ1) is 8.99. The molecule has 0 saturated heterocycles. The smallest absolute Gasteiger partial charge is 0.123 e. The SMILES string of the molecule is C=C/C=C\C(=C(/C)O)n1nc(C)c(/C=C(/Cl)C=C)n1. The van der Waals surface area contributed by atoms with E-state index in [1.807, 2.05) is 6.92 Å². The van der Waals surface area contributed by atoms with Crippen molar-refractivity contribution in [2.45, 2.75) is 13.8 Å². The van der Waals surface area contributed by atoms with Gasteiger partial charge in [0.15, 0.2) is 0 Å². The molecular weight excluding hydrogens is 262 g/mol. The molecule has 19 heavy (non-hydrogen) atoms. The molecule has 1 rings (SSSR count). The Morgan fingerprint density at radius 2 is 2.05 bits per heavy atom. The fourth-order valence-electron chi connectivity index (χ4n) is 1.31. The molecule has 0 saturated carbocycles. The molecule has 0 fully saturated rings. The van der Waals surface area contributed by atoms with Gasteiger partial charge in [-0.1, -0.05) is 43.0 Å². The number of rotatable bonds is 5. The summed E-state index contributed by atoms with van der Waals surface area (Å²) in [6.07, 6.45) is 8.15. The minimum Gasteiger partial charge on any atom is -0.510 e. The first-order valence-corrected chi connectivity index (χ1v) is 6.00. The number of halogens is 1. The number of allylic oxidation sites excluding steroid dienone is 7. The van der Waals surface area contributed by atoms with Crippen molar-refractivity contribution < 1.29 is 5.11 Å². The van der Waals surface area contributed by atoms with Crippen LogP contribution in [0, 0.1) is 6.92 Å². The second-order valence-corrected chi connectivity index (χ2v) is 4.20. The summed E-state index contributed by atoms with van der Waals surface area (Å²) in [4.78, 5) is 1.35. The van der Waals surface area contributed by atoms with E-state index >= 15 is 0 Å². The summed E-state index contributed by atoms with van der Waals surface area (Å²) in [6.45, 7) is 10.5. The van der Waals surface area contributed by atoms with Gasteiger partial charge in [-0.2, -0.15) is 5.10 Å². The number of aryl methyl sites for hydroxylation is 1. The van der Waals surface area contributed by atoms with Gasteiger partial charge >= 0.3 is 0 Å². The van der Waals surface area contributed by atoms with Crippen LogP contribution in [-0.2, 0) is 0 Å². The first kappa shape index (κ1) is 15.0. The molecule has 1 heterocycles. The van der Waals surface area contributed by atoms with Gasteiger partial charge in [0.05, 0.1) is 5.69 Å². The Hall–Kier alpha value is -2.07. The molecule has 0 radical (unpaired) electrons. The van der Waals surface area contributed by atoms with Gasteiger partial charge in [-0.15, -0.1) is 9.90 Å². The molecule has 1 aromatic heterocycles. The number of aliphatic hydroxyl groups excluding tert-OH is 1. The minimum absolute atomic E-state index is 0.110. The van der Waals surface area contributed by atoms with E-state index in [2.05, 4.69) is 23.4 Å². The van der Waals surface area contributed by atoms with Crippen molar-refractivity contribution in [3.8, 4) is 0 Å². The molecule has 4 nitrogen and oxygen atoms in total. The maximum atomic E-state index is 9.66. The quantitative estimate of drug-likeness (QED) is 0.657. The molecule has 0 atom stereocenters. The molecule has 1 N–H and O–H groups in total. The Balaban J connectivity index is 3.26. The van der Waals surface area contributed by atoms with Crippen molar-refractivity contribution in [1.29, 1.82) is 0 Å². The second-order valence-electron chi connectivity index (χ2n) is 3.76. The van der Waals surface area contributed by atoms with Gasteiger partial charge in [0.25, 0.3) is 0 Å². The van der Waals surface area contributed by atoms with E-state index in [1.54, 1.807) is 31.2 Å². The molecular formula is C14H16ClN3O. The maximum absolute atomic E-state index is 9.66. The fraction of sp³-hybridized carbons (Fsp3) is 0.143. The third-order valence-electron chi connectivity index (χ3n) is 2.26. The standard InChI is InChI=1S/C14H16ClN3O/c1-5-7-8-14(11(4)19)18-16-10(3)13(17-18)9-12(15)6-2/h5-9,19H,1-2H2,3-4H3/b8-7-,12-9+,14-11-. The van der Waals surface area contributed by atoms with Crippen LogP contribution < -0.4 is 0 Å². The normalized spacial score (nSPS) is 13.5. The van der Waals surface area contributed by atoms with Crippen LogP contribution in [0.1, 0.15) is 18.3 Å². The van der Waals surface area contributed by atoms with Crippen LogP contribution in [0.25, 0.3) is 11.8 Å². The van der Waals surface area contributed by atoms with E-state index in [1.165, 1.54) is 10.9 Å². The van der Waals surface area contributed by atoms with Crippen molar-refractivity contribution in [3.63, 3.8) is 0 Å². The highest BCUT2D eigenvalue weighted by molar-refractivity contribution is 6.33. The zero-order valence-electron chi connectivity index (χ0n) is 11.0. The number of aliphatic hydroxyl groups is 1. The van der Waals surface area contributed by atoms with Gasteiger partial charge in [-0.25, -0.2) is 0 Å². The third-order valence-corrected chi connectivity index (χ3v) is 2.53. The Labute approximate surface area is 117 Å². The van der Waals surface area contributed by atoms with E-state index in [4.69, 9.17) is 11.6 Å². The van der Waals surface area contributed by atoms with Crippen LogP contribution in [0.2, 0.25) is 0 Å². The first-order valence-electron chi connectivity index (χ1n) is 5.62. The Bertz CT molecular complexity index is 576. The van der Waals surface area contributed by atoms with Gasteiger partial charge in [-0.05, 0) is 26.0 Å². The van der Waals surface area contributed by atoms with Gasteiger partial charge in [0, 0.05) is 5.03 Å². The summed E-state index contributed by atoms with van der Waals surface area (Å²) in [7, 11) is 0. The largest absolute Gasteiger partial charge is 0.510 e. The van der Waals surface area contributed by atoms with Crippen molar-refractivity contribution in [3.05, 3.63) is 59.6 Å². The highest BCUT2D eigenvalue weighted by Gasteiger charge is 2.09. The summed E-state index contributed by atoms with van der Waals surface area (Å²) in [5, 5.41) is 18.6. The lowest BCUT2D eigenvalue weighted by Gasteiger charge is -2.01. The van der Waals surface area contributed by atoms with Crippen molar-refractivity contribution in [2.24, 2.45) is 0 Å². The monoisotopic (exact) mass is 277 g/mol. The van der Waals surface area contributed by atoms with Crippen LogP contribution in [0.4, 0.5) is 0 Å². The third kappa shape index (κ3) is 3.96. The molecule has 0 aliphatic carbocycles. The number of nitrogens with zero attached hydrogens (tertiary/aromatic N) is 3. The molecule has 0 bridgehead atoms. The second kappa shape index (κ2) is 6.75. The van der Waals surface area contributed by atoms with Crippen LogP contribution in [-0.4, -0.2) is 20.1 Å². The van der Waals surface area contributed by atoms with Gasteiger partial charge in [-0.3, -0.25) is 0 Å². The van der Waals surface area contributed by atoms with Crippen LogP contribution in [0.15, 0.2) is 48.3 Å². The molecule has 0 spiro atoms. The summed E-state index contributed by atoms with van der Waals surface area (Å²) in [5.41, 5.74) is 1.79. The van der Waals surface area contributed by atoms with E-state index in [9.17, 15) is 5.11 Å². The fourth-order valence-corrected chi connectivity index (χ4v) is 1.42. The lowest BCUT2D eigenvalue weighted by molar-refractivity contribution is 0.412. The molecule has 100 valence electrons. The highest BCUT2D eigenvalue weighted by Crippen LogP contribution is 2.15. The average Bonchev–Trinajstić information content (AvgIpc) is 2.70. The van der Waals surface area contributed by atoms with E-state index < -0.39 is 0 Å². The number of aromatic nitrogens is 3. The van der Waals surface area contributed by atoms with Crippen LogP contribution in [0.5, 0.6) is 0 Å². The van der Waals surface area contributed by atoms with Crippen molar-refractivity contribution in [1.82, 2.24) is 15.0 Å². The van der Waals surface area contributed by atoms with E-state index in [0.717, 1.165) is 0 Å². The highest BCUT2D eigenvalue weighted by atomic mass is 35.5. The zero-order chi connectivity index (χ0) is 14.4. The molecule has 0 aliphatic heterocycles. The maximum Gasteiger partial charge on any atom is 0.123 e. The topological polar surface area (TPSA) is 50.9 Å². The van der Waals surface area contributed by atoms with Crippen LogP contribution >= 0.6 is 11.6 Å². The minimum atomic E-state index is 0.110. The summed E-state index contributed by atoms with van der Waals surface area (Å²) < 4.78 is 0. The molecule has 0 aromatic carbocycles. The van der Waals surface area contributed by atoms with Crippen molar-refractivity contribution >= 4 is 23.4 Å². The van der Waals surface area contributed by atoms with Crippen molar-refractivity contribution in [2.75, 3.05) is 0 Å². The summed E-state index contributed by atoms with van der Waals surface area (Å²) >= 11 is 5.88. The molecule has 0 amide bonds. The molecule has 0 unspecified atom stereocenters. The van der Waals surface area contributed by atoms with E-state index in [0.29, 0.717) is 22.1 Å². The molecule has 5 heteroatoms. The average molecular weight is 278 g/mol. The zero-order valence-corrected chi connectivity index (χ0v) is 11.7. The van der Waals surface area contributed by atoms with E-state index in [-0.39, 0.29) is 5.76 Å². The number of hydrogen-bond acceptors (Lipinski definition) is 3. The Morgan fingerprint density at radius 3 is 2.58 bits per heavy atom. The predicted molar refractivity (Wildman–Crippen MR) is 79.6 cm³/mol. The van der Waals surface area contributed by atoms with Gasteiger partial charge < -0.3 is 5.11 Å². The van der Waals surface area contributed by atoms with Gasteiger partial charge in [0.2, 0.25) is 0 Å². The Morgan fingerprint density at radius 1 is 1.37 bits per heavy atom.